The molecule has 5 N–H and O–H groups in total. The van der Waals surface area contributed by atoms with Crippen LogP contribution in [0, 0.1) is 22.7 Å². The Labute approximate surface area is 472 Å². The van der Waals surface area contributed by atoms with E-state index < -0.39 is 30.0 Å². The molecule has 0 aliphatic carbocycles. The van der Waals surface area contributed by atoms with E-state index in [1.807, 2.05) is 37.5 Å². The number of rotatable bonds is 25. The van der Waals surface area contributed by atoms with Gasteiger partial charge >= 0.3 is 0 Å². The predicted molar refractivity (Wildman–Crippen MR) is 303 cm³/mol. The fraction of sp³-hybridized carbons (Fsp3) is 0.286. The number of azo groups is 2. The summed E-state index contributed by atoms with van der Waals surface area (Å²) >= 11 is 2.80. The number of aliphatic hydroxyl groups is 1. The quantitative estimate of drug-likeness (QED) is 0.0202. The van der Waals surface area contributed by atoms with Crippen molar-refractivity contribution in [1.82, 2.24) is 23.7 Å². The molecule has 0 saturated carbocycles. The van der Waals surface area contributed by atoms with Gasteiger partial charge in [-0.2, -0.15) is 51.1 Å². The Morgan fingerprint density at radius 2 is 1.00 bits per heavy atom. The highest BCUT2D eigenvalue weighted by Gasteiger charge is 2.25. The molecule has 7 rings (SSSR count). The third kappa shape index (κ3) is 13.3. The molecule has 0 saturated heterocycles. The standard InChI is InChI=1S/C49H51N15O11S5/c1-9-63(10-2)35-21-31(33(23-39(35)74-7)57-59-45-29(25-50)43(61-77-45)27-13-15-37(72-5)41(19-27)79(66,67)68)52-47-54-48(56-49(55-47)76-18-17-65)53-32-22-36(64(11-3)12-4)40(75-8)24-34(32)58-60-46-30(26-51)44(62-78-46)28-14-16-38(73-6)42(20-28)80(69,70)71/h13-16,19-24,65H,9-12,17-18H2,1-8H3,(H,66,67,68)(H,69,70,71)(H2,52,53,54,55,56)/b59-57+,60-58+. The molecular formula is C49H51N15O11S5. The number of hydrogen-bond acceptors (Lipinski definition) is 27. The fourth-order valence-electron chi connectivity index (χ4n) is 7.89. The van der Waals surface area contributed by atoms with Crippen molar-refractivity contribution >= 4 is 111 Å². The van der Waals surface area contributed by atoms with Crippen LogP contribution in [-0.2, 0) is 20.2 Å². The van der Waals surface area contributed by atoms with Crippen LogP contribution in [0.5, 0.6) is 23.0 Å². The number of benzene rings is 4. The van der Waals surface area contributed by atoms with Crippen LogP contribution in [0.2, 0.25) is 0 Å². The molecule has 0 aliphatic rings. The van der Waals surface area contributed by atoms with Crippen molar-refractivity contribution in [2.75, 3.05) is 87.4 Å². The zero-order chi connectivity index (χ0) is 57.9. The third-order valence-electron chi connectivity index (χ3n) is 11.7. The number of methoxy groups -OCH3 is 4. The number of anilines is 6. The van der Waals surface area contributed by atoms with E-state index in [1.165, 1.54) is 52.7 Å². The van der Waals surface area contributed by atoms with Crippen molar-refractivity contribution in [2.24, 2.45) is 20.5 Å². The molecule has 3 heterocycles. The van der Waals surface area contributed by atoms with Gasteiger partial charge in [0.1, 0.15) is 78.8 Å². The number of nitrogens with zero attached hydrogens (tertiary/aromatic N) is 13. The maximum Gasteiger partial charge on any atom is 0.298 e. The van der Waals surface area contributed by atoms with E-state index in [1.54, 1.807) is 24.3 Å². The number of thioether (sulfide) groups is 1. The highest BCUT2D eigenvalue weighted by Crippen LogP contribution is 2.45. The molecule has 0 unspecified atom stereocenters. The van der Waals surface area contributed by atoms with E-state index in [-0.39, 0.29) is 95.9 Å². The van der Waals surface area contributed by atoms with Crippen molar-refractivity contribution in [3.63, 3.8) is 0 Å². The van der Waals surface area contributed by atoms with Gasteiger partial charge in [0.25, 0.3) is 20.2 Å². The van der Waals surface area contributed by atoms with E-state index in [4.69, 9.17) is 23.9 Å². The van der Waals surface area contributed by atoms with Crippen molar-refractivity contribution in [3.05, 3.63) is 71.8 Å². The van der Waals surface area contributed by atoms with Crippen LogP contribution >= 0.6 is 34.8 Å². The summed E-state index contributed by atoms with van der Waals surface area (Å²) in [6.07, 6.45) is 0. The number of nitrogens with one attached hydrogen (secondary N) is 2. The van der Waals surface area contributed by atoms with Crippen LogP contribution < -0.4 is 39.4 Å². The van der Waals surface area contributed by atoms with Crippen LogP contribution in [0.3, 0.4) is 0 Å². The lowest BCUT2D eigenvalue weighted by molar-refractivity contribution is 0.322. The van der Waals surface area contributed by atoms with Gasteiger partial charge in [-0.05, 0) is 99.3 Å². The first-order valence-electron chi connectivity index (χ1n) is 23.8. The third-order valence-corrected chi connectivity index (χ3v) is 15.8. The van der Waals surface area contributed by atoms with E-state index in [0.717, 1.165) is 47.0 Å². The van der Waals surface area contributed by atoms with Gasteiger partial charge in [0.05, 0.1) is 57.8 Å². The summed E-state index contributed by atoms with van der Waals surface area (Å²) in [6.45, 7) is 10.1. The highest BCUT2D eigenvalue weighted by molar-refractivity contribution is 7.99. The van der Waals surface area contributed by atoms with E-state index in [9.17, 15) is 41.6 Å². The molecule has 0 aliphatic heterocycles. The van der Waals surface area contributed by atoms with Gasteiger partial charge in [-0.1, -0.05) is 11.8 Å². The monoisotopic (exact) mass is 1190 g/mol. The van der Waals surface area contributed by atoms with Crippen LogP contribution in [-0.4, -0.2) is 122 Å². The predicted octanol–water partition coefficient (Wildman–Crippen LogP) is 10.5. The topological polar surface area (TPSA) is 358 Å². The lowest BCUT2D eigenvalue weighted by Gasteiger charge is -2.25. The molecule has 0 spiro atoms. The number of aromatic nitrogens is 5. The second-order valence-electron chi connectivity index (χ2n) is 16.2. The second kappa shape index (κ2) is 26.2. The maximum atomic E-state index is 12.2. The zero-order valence-electron chi connectivity index (χ0n) is 44.0. The minimum Gasteiger partial charge on any atom is -0.495 e. The highest BCUT2D eigenvalue weighted by atomic mass is 32.2. The molecule has 418 valence electrons. The maximum absolute atomic E-state index is 12.2. The molecular weight excluding hydrogens is 1130 g/mol. The average molecular weight is 1190 g/mol. The zero-order valence-corrected chi connectivity index (χ0v) is 48.1. The average Bonchev–Trinajstić information content (AvgIpc) is 4.09. The number of aliphatic hydroxyl groups excluding tert-OH is 1. The molecule has 0 atom stereocenters. The largest absolute Gasteiger partial charge is 0.495 e. The number of ether oxygens (including phenoxy) is 4. The minimum absolute atomic E-state index is 0.00850. The van der Waals surface area contributed by atoms with Gasteiger partial charge in [0, 0.05) is 55.2 Å². The Balaban J connectivity index is 1.33. The number of nitriles is 2. The van der Waals surface area contributed by atoms with Gasteiger partial charge in [0.2, 0.25) is 11.9 Å². The van der Waals surface area contributed by atoms with E-state index in [2.05, 4.69) is 61.9 Å². The van der Waals surface area contributed by atoms with Crippen LogP contribution in [0.1, 0.15) is 38.8 Å². The summed E-state index contributed by atoms with van der Waals surface area (Å²) < 4.78 is 99.4. The molecule has 0 radical (unpaired) electrons. The molecule has 0 bridgehead atoms. The van der Waals surface area contributed by atoms with Gasteiger partial charge < -0.3 is 44.5 Å². The summed E-state index contributed by atoms with van der Waals surface area (Å²) in [5.41, 5.74) is 2.89. The van der Waals surface area contributed by atoms with Gasteiger partial charge in [0.15, 0.2) is 15.2 Å². The lowest BCUT2D eigenvalue weighted by atomic mass is 10.1. The normalized spacial score (nSPS) is 11.6. The first-order valence-corrected chi connectivity index (χ1v) is 29.2. The molecule has 3 aromatic heterocycles. The van der Waals surface area contributed by atoms with Crippen molar-refractivity contribution in [2.45, 2.75) is 42.6 Å². The Hall–Kier alpha value is -8.14. The molecule has 80 heavy (non-hydrogen) atoms. The molecule has 7 aromatic rings. The first kappa shape index (κ1) is 59.5. The summed E-state index contributed by atoms with van der Waals surface area (Å²) in [5.74, 6) is 0.866. The smallest absolute Gasteiger partial charge is 0.298 e. The summed E-state index contributed by atoms with van der Waals surface area (Å²) in [5, 5.41) is 55.5. The molecule has 26 nitrogen and oxygen atoms in total. The molecule has 0 fully saturated rings. The first-order chi connectivity index (χ1) is 38.4. The van der Waals surface area contributed by atoms with Gasteiger partial charge in [-0.3, -0.25) is 9.11 Å². The molecule has 0 amide bonds. The van der Waals surface area contributed by atoms with Crippen LogP contribution in [0.25, 0.3) is 22.5 Å². The Morgan fingerprint density at radius 3 is 1.34 bits per heavy atom. The summed E-state index contributed by atoms with van der Waals surface area (Å²) in [7, 11) is -3.94. The van der Waals surface area contributed by atoms with Gasteiger partial charge in [-0.25, -0.2) is 0 Å². The Bertz CT molecular complexity index is 3560. The van der Waals surface area contributed by atoms with Crippen LogP contribution in [0.4, 0.5) is 56.0 Å². The van der Waals surface area contributed by atoms with Gasteiger partial charge in [-0.15, -0.1) is 20.5 Å². The molecule has 31 heteroatoms. The summed E-state index contributed by atoms with van der Waals surface area (Å²) in [6, 6.07) is 18.9. The second-order valence-corrected chi connectivity index (χ2v) is 21.6. The summed E-state index contributed by atoms with van der Waals surface area (Å²) in [4.78, 5) is 17.2. The van der Waals surface area contributed by atoms with E-state index in [0.29, 0.717) is 60.4 Å². The van der Waals surface area contributed by atoms with Crippen molar-refractivity contribution in [3.8, 4) is 57.7 Å². The van der Waals surface area contributed by atoms with Crippen LogP contribution in [0.15, 0.2) is 96.1 Å². The minimum atomic E-state index is -4.72. The molecule has 4 aromatic carbocycles. The van der Waals surface area contributed by atoms with E-state index >= 15 is 0 Å². The fourth-order valence-corrected chi connectivity index (χ4v) is 11.2. The Morgan fingerprint density at radius 1 is 0.600 bits per heavy atom. The van der Waals surface area contributed by atoms with Crippen molar-refractivity contribution < 1.29 is 50.0 Å². The lowest BCUT2D eigenvalue weighted by Crippen LogP contribution is -2.22. The number of hydrogen-bond donors (Lipinski definition) is 5. The SMILES string of the molecule is CCN(CC)c1cc(Nc2nc(Nc3cc(N(CC)CC)c(OC)cc3/N=N/c3snc(-c4ccc(OC)c(S(=O)(=O)O)c4)c3C#N)nc(SCCO)n2)c(/N=N/c2snc(-c3ccc(OC)c(S(=O)(=O)O)c3)c2C#N)cc1OC. The van der Waals surface area contributed by atoms with Crippen molar-refractivity contribution in [1.29, 1.82) is 10.5 Å². The Kier molecular flexibility index (Phi) is 19.5.